The minimum absolute atomic E-state index is 0.00234. The molecule has 0 bridgehead atoms. The Bertz CT molecular complexity index is 1020. The third-order valence-electron chi connectivity index (χ3n) is 3.77. The van der Waals surface area contributed by atoms with Crippen LogP contribution in [0.4, 0.5) is 0 Å². The smallest absolute Gasteiger partial charge is 0.335 e. The summed E-state index contributed by atoms with van der Waals surface area (Å²) < 4.78 is 23.7. The predicted molar refractivity (Wildman–Crippen MR) is 95.1 cm³/mol. The zero-order valence-electron chi connectivity index (χ0n) is 13.7. The van der Waals surface area contributed by atoms with Crippen LogP contribution < -0.4 is 10.2 Å². The fraction of sp³-hybridized carbons (Fsp3) is 0.222. The lowest BCUT2D eigenvalue weighted by atomic mass is 10.1. The first-order valence-corrected chi connectivity index (χ1v) is 9.07. The molecule has 0 amide bonds. The van der Waals surface area contributed by atoms with Crippen LogP contribution >= 0.6 is 0 Å². The summed E-state index contributed by atoms with van der Waals surface area (Å²) in [6.07, 6.45) is 0. The van der Waals surface area contributed by atoms with Gasteiger partial charge in [-0.2, -0.15) is 0 Å². The maximum atomic E-state index is 12.9. The summed E-state index contributed by atoms with van der Waals surface area (Å²) in [7, 11) is 0. The number of ether oxygens (including phenoxy) is 1. The topological polar surface area (TPSA) is 99.8 Å². The number of carbonyl (C=O) groups is 1. The monoisotopic (exact) mass is 360 g/mol. The fourth-order valence-electron chi connectivity index (χ4n) is 2.61. The maximum absolute atomic E-state index is 12.9. The molecule has 0 saturated carbocycles. The van der Waals surface area contributed by atoms with Crippen molar-refractivity contribution in [3.05, 3.63) is 46.1 Å². The van der Waals surface area contributed by atoms with Gasteiger partial charge in [-0.1, -0.05) is 0 Å². The van der Waals surface area contributed by atoms with E-state index in [4.69, 9.17) is 14.3 Å². The number of hydrogen-bond acceptors (Lipinski definition) is 5. The summed E-state index contributed by atoms with van der Waals surface area (Å²) in [5, 5.41) is 9.50. The van der Waals surface area contributed by atoms with Gasteiger partial charge in [0.2, 0.25) is 5.43 Å². The van der Waals surface area contributed by atoms with Gasteiger partial charge in [0.1, 0.15) is 17.1 Å². The Balaban J connectivity index is 2.41. The van der Waals surface area contributed by atoms with Gasteiger partial charge in [0.15, 0.2) is 10.5 Å². The highest BCUT2D eigenvalue weighted by Crippen LogP contribution is 2.30. The van der Waals surface area contributed by atoms with Crippen LogP contribution in [0.1, 0.15) is 24.2 Å². The second-order valence-electron chi connectivity index (χ2n) is 5.31. The third-order valence-corrected chi connectivity index (χ3v) is 5.09. The Hall–Kier alpha value is -2.51. The van der Waals surface area contributed by atoms with E-state index in [9.17, 15) is 14.1 Å². The molecule has 2 aromatic carbocycles. The van der Waals surface area contributed by atoms with Gasteiger partial charge in [0.25, 0.3) is 0 Å². The number of hydrogen-bond donors (Lipinski definition) is 1. The van der Waals surface area contributed by atoms with Gasteiger partial charge >= 0.3 is 5.97 Å². The lowest BCUT2D eigenvalue weighted by Crippen LogP contribution is -2.10. The normalized spacial score (nSPS) is 12.4. The molecular formula is C18H16O6S. The van der Waals surface area contributed by atoms with Gasteiger partial charge in [-0.15, -0.1) is 0 Å². The number of rotatable bonds is 5. The second-order valence-corrected chi connectivity index (χ2v) is 7.02. The first-order chi connectivity index (χ1) is 12.0. The largest absolute Gasteiger partial charge is 0.611 e. The van der Waals surface area contributed by atoms with Gasteiger partial charge in [-0.3, -0.25) is 4.79 Å². The van der Waals surface area contributed by atoms with E-state index in [-0.39, 0.29) is 32.9 Å². The van der Waals surface area contributed by atoms with E-state index < -0.39 is 17.1 Å². The highest BCUT2D eigenvalue weighted by Gasteiger charge is 2.21. The van der Waals surface area contributed by atoms with E-state index in [2.05, 4.69) is 0 Å². The summed E-state index contributed by atoms with van der Waals surface area (Å²) in [5.41, 5.74) is 0.109. The van der Waals surface area contributed by atoms with Crippen LogP contribution in [0.25, 0.3) is 21.9 Å². The molecule has 25 heavy (non-hydrogen) atoms. The second kappa shape index (κ2) is 6.78. The summed E-state index contributed by atoms with van der Waals surface area (Å²) in [5.74, 6) is -0.338. The Kier molecular flexibility index (Phi) is 4.69. The van der Waals surface area contributed by atoms with Crippen LogP contribution in [-0.4, -0.2) is 28.0 Å². The standard InChI is InChI=1S/C18H16O6S/c1-3-23-11-8-13-16(19)12-7-10(18(20)21)5-6-14(12)24-17(13)15(9-11)25(22)4-2/h5-9H,3-4H2,1-2H3,(H,20,21). The van der Waals surface area contributed by atoms with Crippen molar-refractivity contribution >= 4 is 39.1 Å². The zero-order chi connectivity index (χ0) is 18.1. The van der Waals surface area contributed by atoms with Crippen molar-refractivity contribution in [1.29, 1.82) is 0 Å². The first kappa shape index (κ1) is 17.3. The molecule has 6 nitrogen and oxygen atoms in total. The van der Waals surface area contributed by atoms with Gasteiger partial charge in [-0.25, -0.2) is 4.79 Å². The van der Waals surface area contributed by atoms with Crippen LogP contribution in [0, 0.1) is 0 Å². The van der Waals surface area contributed by atoms with Crippen molar-refractivity contribution in [3.63, 3.8) is 0 Å². The van der Waals surface area contributed by atoms with Crippen LogP contribution in [0.3, 0.4) is 0 Å². The highest BCUT2D eigenvalue weighted by molar-refractivity contribution is 7.91. The molecule has 0 fully saturated rings. The van der Waals surface area contributed by atoms with Gasteiger partial charge < -0.3 is 18.8 Å². The van der Waals surface area contributed by atoms with Crippen LogP contribution in [0.5, 0.6) is 5.75 Å². The lowest BCUT2D eigenvalue weighted by Gasteiger charge is -2.13. The Morgan fingerprint density at radius 3 is 2.64 bits per heavy atom. The van der Waals surface area contributed by atoms with Crippen molar-refractivity contribution in [3.8, 4) is 5.75 Å². The maximum Gasteiger partial charge on any atom is 0.335 e. The molecule has 0 spiro atoms. The molecule has 0 aliphatic rings. The van der Waals surface area contributed by atoms with Crippen LogP contribution in [-0.2, 0) is 11.2 Å². The van der Waals surface area contributed by atoms with Crippen molar-refractivity contribution in [2.24, 2.45) is 0 Å². The average molecular weight is 360 g/mol. The predicted octanol–water partition coefficient (Wildman–Crippen LogP) is 3.17. The van der Waals surface area contributed by atoms with E-state index in [0.29, 0.717) is 23.0 Å². The molecule has 0 radical (unpaired) electrons. The molecule has 1 aromatic heterocycles. The molecule has 1 heterocycles. The molecule has 0 aliphatic heterocycles. The molecule has 1 unspecified atom stereocenters. The quantitative estimate of drug-likeness (QED) is 0.554. The van der Waals surface area contributed by atoms with Gasteiger partial charge in [0.05, 0.1) is 22.9 Å². The Morgan fingerprint density at radius 2 is 2.00 bits per heavy atom. The number of benzene rings is 2. The molecule has 7 heteroatoms. The van der Waals surface area contributed by atoms with Gasteiger partial charge in [0, 0.05) is 6.07 Å². The number of carboxylic acid groups (broad SMARTS) is 1. The molecule has 0 aliphatic carbocycles. The number of aromatic carboxylic acids is 1. The third kappa shape index (κ3) is 3.08. The van der Waals surface area contributed by atoms with Crippen molar-refractivity contribution in [2.75, 3.05) is 12.4 Å². The van der Waals surface area contributed by atoms with Crippen molar-refractivity contribution in [2.45, 2.75) is 18.7 Å². The van der Waals surface area contributed by atoms with E-state index in [1.165, 1.54) is 24.3 Å². The Labute approximate surface area is 146 Å². The van der Waals surface area contributed by atoms with E-state index in [1.54, 1.807) is 13.0 Å². The summed E-state index contributed by atoms with van der Waals surface area (Å²) >= 11 is -1.35. The molecule has 130 valence electrons. The molecular weight excluding hydrogens is 344 g/mol. The minimum atomic E-state index is -1.35. The average Bonchev–Trinajstić information content (AvgIpc) is 2.61. The zero-order valence-corrected chi connectivity index (χ0v) is 14.5. The Morgan fingerprint density at radius 1 is 1.24 bits per heavy atom. The van der Waals surface area contributed by atoms with Crippen molar-refractivity contribution < 1.29 is 23.6 Å². The summed E-state index contributed by atoms with van der Waals surface area (Å²) in [6, 6.07) is 7.24. The first-order valence-electron chi connectivity index (χ1n) is 7.75. The number of fused-ring (bicyclic) bond motifs is 2. The molecule has 0 saturated heterocycles. The van der Waals surface area contributed by atoms with E-state index >= 15 is 0 Å². The van der Waals surface area contributed by atoms with Crippen LogP contribution in [0.2, 0.25) is 0 Å². The SMILES string of the molecule is CCOc1cc([S+]([O-])CC)c2oc3ccc(C(=O)O)cc3c(=O)c2c1. The van der Waals surface area contributed by atoms with Crippen molar-refractivity contribution in [1.82, 2.24) is 0 Å². The molecule has 1 N–H and O–H groups in total. The summed E-state index contributed by atoms with van der Waals surface area (Å²) in [6.45, 7) is 3.97. The molecule has 3 rings (SSSR count). The summed E-state index contributed by atoms with van der Waals surface area (Å²) in [4.78, 5) is 24.4. The number of carboxylic acids is 1. The van der Waals surface area contributed by atoms with E-state index in [1.807, 2.05) is 6.92 Å². The van der Waals surface area contributed by atoms with E-state index in [0.717, 1.165) is 0 Å². The van der Waals surface area contributed by atoms with Gasteiger partial charge in [-0.05, 0) is 49.3 Å². The minimum Gasteiger partial charge on any atom is -0.611 e. The molecule has 3 aromatic rings. The lowest BCUT2D eigenvalue weighted by molar-refractivity contribution is 0.0697. The van der Waals surface area contributed by atoms with Crippen LogP contribution in [0.15, 0.2) is 44.4 Å². The highest BCUT2D eigenvalue weighted by atomic mass is 32.2. The fourth-order valence-corrected chi connectivity index (χ4v) is 3.53. The molecule has 1 atom stereocenters.